The van der Waals surface area contributed by atoms with Crippen LogP contribution in [-0.2, 0) is 0 Å². The van der Waals surface area contributed by atoms with E-state index in [9.17, 15) is 0 Å². The molecule has 0 spiro atoms. The number of hydrogen-bond donors (Lipinski definition) is 2. The van der Waals surface area contributed by atoms with Crippen molar-refractivity contribution < 1.29 is 0 Å². The van der Waals surface area contributed by atoms with E-state index in [0.29, 0.717) is 5.11 Å². The van der Waals surface area contributed by atoms with Crippen LogP contribution in [0.5, 0.6) is 0 Å². The fourth-order valence-corrected chi connectivity index (χ4v) is 2.21. The average Bonchev–Trinajstić information content (AvgIpc) is 2.42. The number of hydrogen-bond acceptors (Lipinski definition) is 2. The molecule has 2 rings (SSSR count). The van der Waals surface area contributed by atoms with Crippen molar-refractivity contribution in [3.8, 4) is 0 Å². The van der Waals surface area contributed by atoms with Crippen molar-refractivity contribution >= 4 is 23.0 Å². The van der Waals surface area contributed by atoms with Gasteiger partial charge in [0.2, 0.25) is 0 Å². The van der Waals surface area contributed by atoms with E-state index in [4.69, 9.17) is 12.2 Å². The van der Waals surface area contributed by atoms with Crippen LogP contribution in [0.4, 0.5) is 5.69 Å². The van der Waals surface area contributed by atoms with Gasteiger partial charge in [0.1, 0.15) is 0 Å². The molecular formula is C16H19N3S. The zero-order valence-corrected chi connectivity index (χ0v) is 12.8. The number of rotatable bonds is 3. The Hall–Kier alpha value is -1.94. The van der Waals surface area contributed by atoms with Gasteiger partial charge in [0.25, 0.3) is 0 Å². The van der Waals surface area contributed by atoms with Gasteiger partial charge in [-0.2, -0.15) is 0 Å². The van der Waals surface area contributed by atoms with Crippen molar-refractivity contribution in [1.82, 2.24) is 10.3 Å². The summed E-state index contributed by atoms with van der Waals surface area (Å²) in [4.78, 5) is 4.05. The van der Waals surface area contributed by atoms with Crippen LogP contribution >= 0.6 is 12.2 Å². The first-order valence-corrected chi connectivity index (χ1v) is 7.02. The molecule has 0 aliphatic heterocycles. The SMILES string of the molecule is Cc1ccc([C@H](C)NC(=S)Nc2cccnc2)cc1C. The first-order chi connectivity index (χ1) is 9.56. The van der Waals surface area contributed by atoms with E-state index in [1.165, 1.54) is 16.7 Å². The van der Waals surface area contributed by atoms with Gasteiger partial charge >= 0.3 is 0 Å². The monoisotopic (exact) mass is 285 g/mol. The van der Waals surface area contributed by atoms with Gasteiger partial charge in [-0.3, -0.25) is 4.98 Å². The highest BCUT2D eigenvalue weighted by atomic mass is 32.1. The van der Waals surface area contributed by atoms with Crippen LogP contribution in [-0.4, -0.2) is 10.1 Å². The molecule has 1 aromatic heterocycles. The predicted molar refractivity (Wildman–Crippen MR) is 87.9 cm³/mol. The second kappa shape index (κ2) is 6.48. The number of nitrogens with one attached hydrogen (secondary N) is 2. The third kappa shape index (κ3) is 3.78. The second-order valence-corrected chi connectivity index (χ2v) is 5.31. The van der Waals surface area contributed by atoms with E-state index < -0.39 is 0 Å². The number of anilines is 1. The van der Waals surface area contributed by atoms with E-state index in [2.05, 4.69) is 54.6 Å². The highest BCUT2D eigenvalue weighted by molar-refractivity contribution is 7.80. The van der Waals surface area contributed by atoms with Crippen molar-refractivity contribution in [3.63, 3.8) is 0 Å². The molecule has 0 radical (unpaired) electrons. The van der Waals surface area contributed by atoms with Gasteiger partial charge in [0.15, 0.2) is 5.11 Å². The number of nitrogens with zero attached hydrogens (tertiary/aromatic N) is 1. The largest absolute Gasteiger partial charge is 0.356 e. The summed E-state index contributed by atoms with van der Waals surface area (Å²) in [5, 5.41) is 7.01. The zero-order valence-electron chi connectivity index (χ0n) is 12.0. The van der Waals surface area contributed by atoms with Crippen LogP contribution in [0, 0.1) is 13.8 Å². The Morgan fingerprint density at radius 1 is 1.20 bits per heavy atom. The van der Waals surface area contributed by atoms with Crippen LogP contribution in [0.25, 0.3) is 0 Å². The molecule has 0 bridgehead atoms. The van der Waals surface area contributed by atoms with Gasteiger partial charge < -0.3 is 10.6 Å². The molecule has 0 saturated heterocycles. The van der Waals surface area contributed by atoms with Crippen LogP contribution < -0.4 is 10.6 Å². The predicted octanol–water partition coefficient (Wildman–Crippen LogP) is 3.75. The minimum atomic E-state index is 0.158. The summed E-state index contributed by atoms with van der Waals surface area (Å²) in [6.45, 7) is 6.34. The quantitative estimate of drug-likeness (QED) is 0.842. The normalized spacial score (nSPS) is 11.8. The summed E-state index contributed by atoms with van der Waals surface area (Å²) in [7, 11) is 0. The molecule has 0 saturated carbocycles. The lowest BCUT2D eigenvalue weighted by Gasteiger charge is -2.18. The fourth-order valence-electron chi connectivity index (χ4n) is 1.92. The Balaban J connectivity index is 1.98. The van der Waals surface area contributed by atoms with Crippen LogP contribution in [0.15, 0.2) is 42.7 Å². The molecule has 4 heteroatoms. The molecule has 3 nitrogen and oxygen atoms in total. The number of benzene rings is 1. The third-order valence-corrected chi connectivity index (χ3v) is 3.52. The summed E-state index contributed by atoms with van der Waals surface area (Å²) in [6.07, 6.45) is 3.48. The topological polar surface area (TPSA) is 37.0 Å². The molecule has 1 atom stereocenters. The van der Waals surface area contributed by atoms with E-state index >= 15 is 0 Å². The molecule has 2 aromatic rings. The molecule has 0 amide bonds. The van der Waals surface area contributed by atoms with Gasteiger partial charge in [-0.15, -0.1) is 0 Å². The van der Waals surface area contributed by atoms with Crippen molar-refractivity contribution in [1.29, 1.82) is 0 Å². The maximum absolute atomic E-state index is 5.32. The van der Waals surface area contributed by atoms with Gasteiger partial charge in [-0.25, -0.2) is 0 Å². The van der Waals surface area contributed by atoms with Crippen molar-refractivity contribution in [2.75, 3.05) is 5.32 Å². The first kappa shape index (κ1) is 14.5. The number of pyridine rings is 1. The van der Waals surface area contributed by atoms with Crippen molar-refractivity contribution in [2.24, 2.45) is 0 Å². The summed E-state index contributed by atoms with van der Waals surface area (Å²) in [5.74, 6) is 0. The molecule has 0 aliphatic rings. The lowest BCUT2D eigenvalue weighted by atomic mass is 10.0. The Bertz CT molecular complexity index is 596. The Labute approximate surface area is 125 Å². The Morgan fingerprint density at radius 3 is 2.65 bits per heavy atom. The van der Waals surface area contributed by atoms with Crippen LogP contribution in [0.3, 0.4) is 0 Å². The summed E-state index contributed by atoms with van der Waals surface area (Å²) in [6, 6.07) is 10.4. The first-order valence-electron chi connectivity index (χ1n) is 6.61. The lowest BCUT2D eigenvalue weighted by Crippen LogP contribution is -2.30. The molecule has 1 heterocycles. The maximum atomic E-state index is 5.32. The van der Waals surface area contributed by atoms with Crippen LogP contribution in [0.2, 0.25) is 0 Å². The van der Waals surface area contributed by atoms with E-state index in [0.717, 1.165) is 5.69 Å². The molecule has 20 heavy (non-hydrogen) atoms. The summed E-state index contributed by atoms with van der Waals surface area (Å²) >= 11 is 5.32. The minimum Gasteiger partial charge on any atom is -0.356 e. The van der Waals surface area contributed by atoms with Crippen molar-refractivity contribution in [2.45, 2.75) is 26.8 Å². The average molecular weight is 285 g/mol. The molecule has 0 aliphatic carbocycles. The fraction of sp³-hybridized carbons (Fsp3) is 0.250. The van der Waals surface area contributed by atoms with Gasteiger partial charge in [0, 0.05) is 6.20 Å². The minimum absolute atomic E-state index is 0.158. The number of aryl methyl sites for hydroxylation is 2. The summed E-state index contributed by atoms with van der Waals surface area (Å²) in [5.41, 5.74) is 4.71. The molecule has 2 N–H and O–H groups in total. The smallest absolute Gasteiger partial charge is 0.171 e. The van der Waals surface area contributed by atoms with Gasteiger partial charge in [-0.05, 0) is 61.8 Å². The van der Waals surface area contributed by atoms with E-state index in [1.54, 1.807) is 12.4 Å². The molecule has 104 valence electrons. The molecule has 0 fully saturated rings. The highest BCUT2D eigenvalue weighted by Gasteiger charge is 2.08. The molecule has 1 aromatic carbocycles. The summed E-state index contributed by atoms with van der Waals surface area (Å²) < 4.78 is 0. The zero-order chi connectivity index (χ0) is 14.5. The number of thiocarbonyl (C=S) groups is 1. The standard InChI is InChI=1S/C16H19N3S/c1-11-6-7-14(9-12(11)2)13(3)18-16(20)19-15-5-4-8-17-10-15/h4-10,13H,1-3H3,(H2,18,19,20)/t13-/m0/s1. The van der Waals surface area contributed by atoms with Crippen LogP contribution in [0.1, 0.15) is 29.7 Å². The van der Waals surface area contributed by atoms with Crippen molar-refractivity contribution in [3.05, 3.63) is 59.4 Å². The molecular weight excluding hydrogens is 266 g/mol. The Morgan fingerprint density at radius 2 is 2.00 bits per heavy atom. The maximum Gasteiger partial charge on any atom is 0.171 e. The second-order valence-electron chi connectivity index (χ2n) is 4.91. The van der Waals surface area contributed by atoms with E-state index in [-0.39, 0.29) is 6.04 Å². The lowest BCUT2D eigenvalue weighted by molar-refractivity contribution is 0.721. The van der Waals surface area contributed by atoms with Gasteiger partial charge in [0.05, 0.1) is 17.9 Å². The highest BCUT2D eigenvalue weighted by Crippen LogP contribution is 2.17. The van der Waals surface area contributed by atoms with E-state index in [1.807, 2.05) is 12.1 Å². The third-order valence-electron chi connectivity index (χ3n) is 3.30. The number of aromatic nitrogens is 1. The Kier molecular flexibility index (Phi) is 4.69. The molecule has 0 unspecified atom stereocenters. The van der Waals surface area contributed by atoms with Gasteiger partial charge in [-0.1, -0.05) is 18.2 Å².